The maximum atomic E-state index is 12.5. The highest BCUT2D eigenvalue weighted by Crippen LogP contribution is 2.22. The molecule has 2 amide bonds. The van der Waals surface area contributed by atoms with Crippen molar-refractivity contribution < 1.29 is 9.59 Å². The van der Waals surface area contributed by atoms with Gasteiger partial charge in [0.15, 0.2) is 5.16 Å². The third-order valence-electron chi connectivity index (χ3n) is 4.82. The fraction of sp³-hybridized carbons (Fsp3) is 0.273. The molecule has 2 aromatic carbocycles. The van der Waals surface area contributed by atoms with Gasteiger partial charge in [0.2, 0.25) is 5.91 Å². The van der Waals surface area contributed by atoms with E-state index in [1.54, 1.807) is 24.3 Å². The van der Waals surface area contributed by atoms with Crippen molar-refractivity contribution in [2.24, 2.45) is 7.05 Å². The molecule has 0 spiro atoms. The molecule has 0 aliphatic heterocycles. The van der Waals surface area contributed by atoms with Crippen molar-refractivity contribution in [3.63, 3.8) is 0 Å². The van der Waals surface area contributed by atoms with Crippen LogP contribution in [0.5, 0.6) is 0 Å². The van der Waals surface area contributed by atoms with Gasteiger partial charge in [-0.15, -0.1) is 10.2 Å². The van der Waals surface area contributed by atoms with Gasteiger partial charge in [-0.2, -0.15) is 0 Å². The van der Waals surface area contributed by atoms with E-state index < -0.39 is 0 Å². The van der Waals surface area contributed by atoms with Crippen LogP contribution in [-0.2, 0) is 18.3 Å². The SMILES string of the molecule is Cn1c(Cc2ccccc2)nnc1SCC(=O)Nc1ccccc1C(=O)NC1CC1. The van der Waals surface area contributed by atoms with E-state index >= 15 is 0 Å². The van der Waals surface area contributed by atoms with Crippen LogP contribution >= 0.6 is 11.8 Å². The molecule has 0 radical (unpaired) electrons. The monoisotopic (exact) mass is 421 g/mol. The van der Waals surface area contributed by atoms with Crippen molar-refractivity contribution >= 4 is 29.3 Å². The normalized spacial score (nSPS) is 13.1. The van der Waals surface area contributed by atoms with E-state index in [0.29, 0.717) is 22.8 Å². The van der Waals surface area contributed by atoms with E-state index in [0.717, 1.165) is 24.2 Å². The molecule has 0 bridgehead atoms. The summed E-state index contributed by atoms with van der Waals surface area (Å²) in [5.74, 6) is 0.668. The van der Waals surface area contributed by atoms with Gasteiger partial charge in [0.25, 0.3) is 5.91 Å². The smallest absolute Gasteiger partial charge is 0.253 e. The largest absolute Gasteiger partial charge is 0.349 e. The van der Waals surface area contributed by atoms with Gasteiger partial charge in [0.05, 0.1) is 17.0 Å². The Bertz CT molecular complexity index is 1050. The topological polar surface area (TPSA) is 88.9 Å². The summed E-state index contributed by atoms with van der Waals surface area (Å²) in [5, 5.41) is 14.9. The van der Waals surface area contributed by atoms with Gasteiger partial charge in [-0.3, -0.25) is 9.59 Å². The van der Waals surface area contributed by atoms with Crippen LogP contribution in [0.4, 0.5) is 5.69 Å². The molecule has 3 aromatic rings. The molecule has 8 heteroatoms. The molecule has 30 heavy (non-hydrogen) atoms. The zero-order valence-electron chi connectivity index (χ0n) is 16.7. The molecule has 154 valence electrons. The number of hydrogen-bond donors (Lipinski definition) is 2. The fourth-order valence-corrected chi connectivity index (χ4v) is 3.73. The van der Waals surface area contributed by atoms with Crippen molar-refractivity contribution in [3.05, 3.63) is 71.5 Å². The van der Waals surface area contributed by atoms with Gasteiger partial charge in [-0.1, -0.05) is 54.2 Å². The molecule has 1 fully saturated rings. The highest BCUT2D eigenvalue weighted by Gasteiger charge is 2.25. The second kappa shape index (κ2) is 9.13. The summed E-state index contributed by atoms with van der Waals surface area (Å²) in [6, 6.07) is 17.4. The summed E-state index contributed by atoms with van der Waals surface area (Å²) in [6.07, 6.45) is 2.71. The Morgan fingerprint density at radius 1 is 1.07 bits per heavy atom. The number of anilines is 1. The fourth-order valence-electron chi connectivity index (χ4n) is 3.00. The van der Waals surface area contributed by atoms with Crippen molar-refractivity contribution in [3.8, 4) is 0 Å². The molecule has 1 heterocycles. The Morgan fingerprint density at radius 2 is 1.80 bits per heavy atom. The summed E-state index contributed by atoms with van der Waals surface area (Å²) in [7, 11) is 1.90. The molecule has 0 unspecified atom stereocenters. The number of nitrogens with one attached hydrogen (secondary N) is 2. The minimum absolute atomic E-state index is 0.153. The number of thioether (sulfide) groups is 1. The lowest BCUT2D eigenvalue weighted by molar-refractivity contribution is -0.113. The van der Waals surface area contributed by atoms with Crippen LogP contribution in [0, 0.1) is 0 Å². The molecule has 1 aromatic heterocycles. The first kappa shape index (κ1) is 20.2. The van der Waals surface area contributed by atoms with Crippen LogP contribution in [0.25, 0.3) is 0 Å². The zero-order chi connectivity index (χ0) is 20.9. The minimum atomic E-state index is -0.195. The predicted molar refractivity (Wildman–Crippen MR) is 117 cm³/mol. The Kier molecular flexibility index (Phi) is 6.13. The van der Waals surface area contributed by atoms with Crippen molar-refractivity contribution in [1.82, 2.24) is 20.1 Å². The minimum Gasteiger partial charge on any atom is -0.349 e. The lowest BCUT2D eigenvalue weighted by atomic mass is 10.1. The number of aromatic nitrogens is 3. The Labute approximate surface area is 179 Å². The lowest BCUT2D eigenvalue weighted by Crippen LogP contribution is -2.27. The summed E-state index contributed by atoms with van der Waals surface area (Å²) >= 11 is 1.32. The highest BCUT2D eigenvalue weighted by atomic mass is 32.2. The Morgan fingerprint density at radius 3 is 2.57 bits per heavy atom. The highest BCUT2D eigenvalue weighted by molar-refractivity contribution is 7.99. The number of carbonyl (C=O) groups is 2. The average Bonchev–Trinajstić information content (AvgIpc) is 3.51. The van der Waals surface area contributed by atoms with Crippen LogP contribution in [0.15, 0.2) is 59.8 Å². The van der Waals surface area contributed by atoms with Gasteiger partial charge in [-0.25, -0.2) is 0 Å². The average molecular weight is 422 g/mol. The number of nitrogens with zero attached hydrogens (tertiary/aromatic N) is 3. The first-order chi connectivity index (χ1) is 14.6. The molecule has 2 N–H and O–H groups in total. The molecule has 1 aliphatic rings. The van der Waals surface area contributed by atoms with Gasteiger partial charge >= 0.3 is 0 Å². The lowest BCUT2D eigenvalue weighted by Gasteiger charge is -2.11. The summed E-state index contributed by atoms with van der Waals surface area (Å²) < 4.78 is 1.90. The predicted octanol–water partition coefficient (Wildman–Crippen LogP) is 3.03. The molecule has 1 saturated carbocycles. The quantitative estimate of drug-likeness (QED) is 0.546. The summed E-state index contributed by atoms with van der Waals surface area (Å²) in [6.45, 7) is 0. The van der Waals surface area contributed by atoms with E-state index in [-0.39, 0.29) is 23.6 Å². The van der Waals surface area contributed by atoms with E-state index in [9.17, 15) is 9.59 Å². The first-order valence-electron chi connectivity index (χ1n) is 9.85. The van der Waals surface area contributed by atoms with Gasteiger partial charge in [0.1, 0.15) is 5.82 Å². The second-order valence-corrected chi connectivity index (χ2v) is 8.19. The number of para-hydroxylation sites is 1. The standard InChI is InChI=1S/C22H23N5O2S/c1-27-19(13-15-7-3-2-4-8-15)25-26-22(27)30-14-20(28)24-18-10-6-5-9-17(18)21(29)23-16-11-12-16/h2-10,16H,11-14H2,1H3,(H,23,29)(H,24,28). The number of hydrogen-bond acceptors (Lipinski definition) is 5. The van der Waals surface area contributed by atoms with E-state index in [4.69, 9.17) is 0 Å². The molecule has 7 nitrogen and oxygen atoms in total. The number of rotatable bonds is 8. The molecule has 0 saturated heterocycles. The Balaban J connectivity index is 1.35. The van der Waals surface area contributed by atoms with Crippen LogP contribution < -0.4 is 10.6 Å². The van der Waals surface area contributed by atoms with E-state index in [2.05, 4.69) is 20.8 Å². The molecular formula is C22H23N5O2S. The number of amides is 2. The second-order valence-electron chi connectivity index (χ2n) is 7.25. The molecule has 0 atom stereocenters. The van der Waals surface area contributed by atoms with Crippen LogP contribution in [0.2, 0.25) is 0 Å². The summed E-state index contributed by atoms with van der Waals surface area (Å²) in [5.41, 5.74) is 2.15. The maximum absolute atomic E-state index is 12.5. The van der Waals surface area contributed by atoms with Crippen LogP contribution in [0.3, 0.4) is 0 Å². The van der Waals surface area contributed by atoms with E-state index in [1.807, 2.05) is 41.9 Å². The molecular weight excluding hydrogens is 398 g/mol. The Hall–Kier alpha value is -3.13. The summed E-state index contributed by atoms with van der Waals surface area (Å²) in [4.78, 5) is 24.9. The van der Waals surface area contributed by atoms with Crippen LogP contribution in [0.1, 0.15) is 34.6 Å². The van der Waals surface area contributed by atoms with Crippen LogP contribution in [-0.4, -0.2) is 38.4 Å². The van der Waals surface area contributed by atoms with Crippen molar-refractivity contribution in [1.29, 1.82) is 0 Å². The molecule has 1 aliphatic carbocycles. The molecule has 4 rings (SSSR count). The van der Waals surface area contributed by atoms with Crippen molar-refractivity contribution in [2.75, 3.05) is 11.1 Å². The van der Waals surface area contributed by atoms with Gasteiger partial charge < -0.3 is 15.2 Å². The number of benzene rings is 2. The van der Waals surface area contributed by atoms with Gasteiger partial charge in [-0.05, 0) is 30.5 Å². The maximum Gasteiger partial charge on any atom is 0.253 e. The van der Waals surface area contributed by atoms with Gasteiger partial charge in [0, 0.05) is 19.5 Å². The van der Waals surface area contributed by atoms with E-state index in [1.165, 1.54) is 11.8 Å². The third kappa shape index (κ3) is 5.07. The van der Waals surface area contributed by atoms with Crippen molar-refractivity contribution in [2.45, 2.75) is 30.5 Å². The number of carbonyl (C=O) groups excluding carboxylic acids is 2. The third-order valence-corrected chi connectivity index (χ3v) is 5.84. The first-order valence-corrected chi connectivity index (χ1v) is 10.8. The zero-order valence-corrected chi connectivity index (χ0v) is 17.5.